The minimum atomic E-state index is -0.770. The first-order chi connectivity index (χ1) is 14.0. The quantitative estimate of drug-likeness (QED) is 0.837. The van der Waals surface area contributed by atoms with E-state index < -0.39 is 5.60 Å². The van der Waals surface area contributed by atoms with Crippen molar-refractivity contribution in [3.8, 4) is 0 Å². The highest BCUT2D eigenvalue weighted by Crippen LogP contribution is 2.35. The molecule has 29 heavy (non-hydrogen) atoms. The summed E-state index contributed by atoms with van der Waals surface area (Å²) < 4.78 is 0. The molecule has 2 N–H and O–H groups in total. The van der Waals surface area contributed by atoms with Gasteiger partial charge in [-0.25, -0.2) is 0 Å². The number of carbonyl (C=O) groups is 2. The van der Waals surface area contributed by atoms with Crippen LogP contribution in [0.25, 0.3) is 0 Å². The molecule has 0 radical (unpaired) electrons. The lowest BCUT2D eigenvalue weighted by molar-refractivity contribution is -0.114. The van der Waals surface area contributed by atoms with E-state index in [4.69, 9.17) is 0 Å². The van der Waals surface area contributed by atoms with Crippen LogP contribution in [0.1, 0.15) is 47.7 Å². The molecule has 2 aliphatic rings. The summed E-state index contributed by atoms with van der Waals surface area (Å²) in [6, 6.07) is 15.5. The van der Waals surface area contributed by atoms with Crippen molar-refractivity contribution < 1.29 is 14.7 Å². The molecule has 1 amide bonds. The molecule has 1 heterocycles. The third-order valence-electron chi connectivity index (χ3n) is 6.34. The molecule has 2 aromatic carbocycles. The van der Waals surface area contributed by atoms with Crippen LogP contribution < -0.4 is 5.32 Å². The Morgan fingerprint density at radius 1 is 1.14 bits per heavy atom. The molecule has 152 valence electrons. The molecule has 4 rings (SSSR count). The maximum absolute atomic E-state index is 13.1. The molecule has 0 spiro atoms. The van der Waals surface area contributed by atoms with Crippen LogP contribution in [0.4, 0.5) is 5.69 Å². The Balaban J connectivity index is 1.41. The maximum atomic E-state index is 13.1. The molecule has 1 unspecified atom stereocenters. The normalized spacial score (nSPS) is 21.4. The molecule has 1 fully saturated rings. The van der Waals surface area contributed by atoms with Crippen LogP contribution in [0, 0.1) is 5.92 Å². The molecule has 1 saturated heterocycles. The average molecular weight is 392 g/mol. The van der Waals surface area contributed by atoms with Crippen molar-refractivity contribution in [2.45, 2.75) is 38.2 Å². The van der Waals surface area contributed by atoms with Gasteiger partial charge in [-0.05, 0) is 42.9 Å². The molecule has 5 heteroatoms. The molecule has 1 atom stereocenters. The molecule has 2 aromatic rings. The third-order valence-corrected chi connectivity index (χ3v) is 6.34. The van der Waals surface area contributed by atoms with Crippen LogP contribution >= 0.6 is 0 Å². The second kappa shape index (κ2) is 8.09. The van der Waals surface area contributed by atoms with Gasteiger partial charge in [0.1, 0.15) is 0 Å². The van der Waals surface area contributed by atoms with Gasteiger partial charge >= 0.3 is 0 Å². The van der Waals surface area contributed by atoms with Gasteiger partial charge in [0.15, 0.2) is 5.78 Å². The Kier molecular flexibility index (Phi) is 5.52. The van der Waals surface area contributed by atoms with Crippen molar-refractivity contribution in [3.63, 3.8) is 0 Å². The summed E-state index contributed by atoms with van der Waals surface area (Å²) in [5.74, 6) is 0.0209. The van der Waals surface area contributed by atoms with Gasteiger partial charge in [0, 0.05) is 43.7 Å². The first kappa shape index (κ1) is 19.8. The highest BCUT2D eigenvalue weighted by Gasteiger charge is 2.36. The summed E-state index contributed by atoms with van der Waals surface area (Å²) in [5.41, 5.74) is 2.67. The number of nitrogens with zero attached hydrogens (tertiary/aromatic N) is 1. The van der Waals surface area contributed by atoms with Gasteiger partial charge in [-0.3, -0.25) is 9.59 Å². The van der Waals surface area contributed by atoms with E-state index in [1.165, 1.54) is 6.92 Å². The first-order valence-corrected chi connectivity index (χ1v) is 10.4. The van der Waals surface area contributed by atoms with Crippen molar-refractivity contribution in [2.75, 3.05) is 25.0 Å². The van der Waals surface area contributed by atoms with Gasteiger partial charge in [-0.2, -0.15) is 0 Å². The average Bonchev–Trinajstić information content (AvgIpc) is 2.72. The molecular formula is C24H28N2O3. The monoisotopic (exact) mass is 392 g/mol. The minimum Gasteiger partial charge on any atom is -0.385 e. The summed E-state index contributed by atoms with van der Waals surface area (Å²) in [7, 11) is 0. The number of likely N-dealkylation sites (tertiary alicyclic amines) is 1. The number of fused-ring (bicyclic) bond motifs is 1. The van der Waals surface area contributed by atoms with Crippen molar-refractivity contribution in [1.82, 2.24) is 4.90 Å². The zero-order chi connectivity index (χ0) is 20.4. The predicted octanol–water partition coefficient (Wildman–Crippen LogP) is 3.37. The molecule has 1 aliphatic heterocycles. The fraction of sp³-hybridized carbons (Fsp3) is 0.417. The lowest BCUT2D eigenvalue weighted by Gasteiger charge is -2.40. The minimum absolute atomic E-state index is 0.0296. The van der Waals surface area contributed by atoms with E-state index in [9.17, 15) is 14.7 Å². The summed E-state index contributed by atoms with van der Waals surface area (Å²) in [5, 5.41) is 13.9. The highest BCUT2D eigenvalue weighted by atomic mass is 16.3. The van der Waals surface area contributed by atoms with Crippen molar-refractivity contribution >= 4 is 17.4 Å². The number of amides is 1. The zero-order valence-corrected chi connectivity index (χ0v) is 16.9. The van der Waals surface area contributed by atoms with Crippen LogP contribution in [-0.4, -0.2) is 41.3 Å². The number of benzene rings is 2. The zero-order valence-electron chi connectivity index (χ0n) is 16.9. The SMILES string of the molecule is CC(=O)Nc1cccc2c1CCC(CN1CCC(O)(c3ccccc3)CC1)C2=O. The van der Waals surface area contributed by atoms with Crippen LogP contribution in [0.2, 0.25) is 0 Å². The number of aliphatic hydroxyl groups is 1. The number of anilines is 1. The van der Waals surface area contributed by atoms with Crippen LogP contribution in [0.3, 0.4) is 0 Å². The van der Waals surface area contributed by atoms with E-state index in [-0.39, 0.29) is 17.6 Å². The van der Waals surface area contributed by atoms with E-state index in [0.29, 0.717) is 12.8 Å². The lowest BCUT2D eigenvalue weighted by atomic mass is 9.80. The Morgan fingerprint density at radius 3 is 2.55 bits per heavy atom. The van der Waals surface area contributed by atoms with E-state index in [0.717, 1.165) is 54.9 Å². The second-order valence-electron chi connectivity index (χ2n) is 8.31. The molecule has 0 saturated carbocycles. The number of carbonyl (C=O) groups excluding carboxylic acids is 2. The fourth-order valence-electron chi connectivity index (χ4n) is 4.69. The number of ketones is 1. The van der Waals surface area contributed by atoms with Crippen molar-refractivity contribution in [3.05, 3.63) is 65.2 Å². The predicted molar refractivity (Wildman–Crippen MR) is 113 cm³/mol. The molecule has 0 bridgehead atoms. The Labute approximate surface area is 171 Å². The summed E-state index contributed by atoms with van der Waals surface area (Å²) >= 11 is 0. The smallest absolute Gasteiger partial charge is 0.221 e. The van der Waals surface area contributed by atoms with Gasteiger partial charge in [0.2, 0.25) is 5.91 Å². The molecule has 0 aromatic heterocycles. The largest absolute Gasteiger partial charge is 0.385 e. The van der Waals surface area contributed by atoms with E-state index in [1.54, 1.807) is 0 Å². The standard InChI is InChI=1S/C24H28N2O3/c1-17(27)25-22-9-5-8-21-20(22)11-10-18(23(21)28)16-26-14-12-24(29,13-15-26)19-6-3-2-4-7-19/h2-9,18,29H,10-16H2,1H3,(H,25,27). The lowest BCUT2D eigenvalue weighted by Crippen LogP contribution is -2.45. The van der Waals surface area contributed by atoms with Gasteiger partial charge in [-0.1, -0.05) is 42.5 Å². The number of hydrogen-bond donors (Lipinski definition) is 2. The third kappa shape index (κ3) is 4.11. The van der Waals surface area contributed by atoms with E-state index in [2.05, 4.69) is 10.2 Å². The topological polar surface area (TPSA) is 69.6 Å². The first-order valence-electron chi connectivity index (χ1n) is 10.4. The summed E-state index contributed by atoms with van der Waals surface area (Å²) in [4.78, 5) is 26.8. The van der Waals surface area contributed by atoms with Crippen LogP contribution in [0.5, 0.6) is 0 Å². The molecule has 5 nitrogen and oxygen atoms in total. The Hall–Kier alpha value is -2.50. The number of Topliss-reactive ketones (excluding diaryl/α,β-unsaturated/α-hetero) is 1. The van der Waals surface area contributed by atoms with Crippen molar-refractivity contribution in [1.29, 1.82) is 0 Å². The summed E-state index contributed by atoms with van der Waals surface area (Å²) in [6.07, 6.45) is 2.95. The van der Waals surface area contributed by atoms with Crippen LogP contribution in [-0.2, 0) is 16.8 Å². The van der Waals surface area contributed by atoms with Crippen LogP contribution in [0.15, 0.2) is 48.5 Å². The fourth-order valence-corrected chi connectivity index (χ4v) is 4.69. The van der Waals surface area contributed by atoms with Gasteiger partial charge in [0.25, 0.3) is 0 Å². The van der Waals surface area contributed by atoms with Gasteiger partial charge in [-0.15, -0.1) is 0 Å². The van der Waals surface area contributed by atoms with Gasteiger partial charge in [0.05, 0.1) is 5.60 Å². The number of piperidine rings is 1. The number of nitrogens with one attached hydrogen (secondary N) is 1. The maximum Gasteiger partial charge on any atom is 0.221 e. The Bertz CT molecular complexity index is 902. The highest BCUT2D eigenvalue weighted by molar-refractivity contribution is 6.02. The molecular weight excluding hydrogens is 364 g/mol. The van der Waals surface area contributed by atoms with E-state index >= 15 is 0 Å². The number of rotatable bonds is 4. The van der Waals surface area contributed by atoms with Crippen molar-refractivity contribution in [2.24, 2.45) is 5.92 Å². The van der Waals surface area contributed by atoms with Gasteiger partial charge < -0.3 is 15.3 Å². The molecule has 1 aliphatic carbocycles. The second-order valence-corrected chi connectivity index (χ2v) is 8.31. The van der Waals surface area contributed by atoms with E-state index in [1.807, 2.05) is 48.5 Å². The number of hydrogen-bond acceptors (Lipinski definition) is 4. The Morgan fingerprint density at radius 2 is 1.86 bits per heavy atom. The summed E-state index contributed by atoms with van der Waals surface area (Å²) in [6.45, 7) is 3.79.